The van der Waals surface area contributed by atoms with E-state index >= 15 is 0 Å². The third-order valence-electron chi connectivity index (χ3n) is 3.45. The van der Waals surface area contributed by atoms with E-state index in [2.05, 4.69) is 20.4 Å². The molecule has 25 heavy (non-hydrogen) atoms. The molecule has 2 aromatic carbocycles. The first-order valence-electron chi connectivity index (χ1n) is 7.80. The Hall–Kier alpha value is -2.70. The Balaban J connectivity index is 1.81. The van der Waals surface area contributed by atoms with Gasteiger partial charge in [0.2, 0.25) is 0 Å². The summed E-state index contributed by atoms with van der Waals surface area (Å²) in [6.07, 6.45) is 0.519. The van der Waals surface area contributed by atoms with Crippen molar-refractivity contribution in [2.75, 3.05) is 13.6 Å². The van der Waals surface area contributed by atoms with E-state index in [0.29, 0.717) is 31.0 Å². The molecule has 0 unspecified atom stereocenters. The number of alkyl halides is 2. The summed E-state index contributed by atoms with van der Waals surface area (Å²) < 4.78 is 42.4. The van der Waals surface area contributed by atoms with E-state index in [1.54, 1.807) is 37.4 Å². The number of guanidine groups is 1. The maximum absolute atomic E-state index is 13.6. The lowest BCUT2D eigenvalue weighted by Gasteiger charge is -2.13. The minimum absolute atomic E-state index is 0.108. The fourth-order valence-electron chi connectivity index (χ4n) is 2.25. The average Bonchev–Trinajstić information content (AvgIpc) is 2.59. The molecule has 0 radical (unpaired) electrons. The Kier molecular flexibility index (Phi) is 7.13. The molecule has 2 N–H and O–H groups in total. The molecule has 0 aliphatic carbocycles. The lowest BCUT2D eigenvalue weighted by Crippen LogP contribution is -2.37. The molecule has 0 saturated carbocycles. The first kappa shape index (κ1) is 18.6. The molecule has 0 fully saturated rings. The van der Waals surface area contributed by atoms with Gasteiger partial charge in [-0.25, -0.2) is 4.39 Å². The monoisotopic (exact) mass is 351 g/mol. The Morgan fingerprint density at radius 2 is 1.92 bits per heavy atom. The van der Waals surface area contributed by atoms with Crippen molar-refractivity contribution in [2.45, 2.75) is 19.6 Å². The van der Waals surface area contributed by atoms with Crippen molar-refractivity contribution in [3.8, 4) is 5.75 Å². The molecule has 0 amide bonds. The fraction of sp³-hybridized carbons (Fsp3) is 0.278. The summed E-state index contributed by atoms with van der Waals surface area (Å²) in [5.74, 6) is 0.413. The predicted octanol–water partition coefficient (Wildman–Crippen LogP) is 3.33. The first-order valence-corrected chi connectivity index (χ1v) is 7.80. The van der Waals surface area contributed by atoms with Gasteiger partial charge in [-0.2, -0.15) is 8.78 Å². The van der Waals surface area contributed by atoms with E-state index in [0.717, 1.165) is 5.56 Å². The second kappa shape index (κ2) is 9.56. The van der Waals surface area contributed by atoms with Crippen LogP contribution in [0.1, 0.15) is 11.1 Å². The second-order valence-corrected chi connectivity index (χ2v) is 5.22. The van der Waals surface area contributed by atoms with Crippen LogP contribution < -0.4 is 15.4 Å². The fourth-order valence-corrected chi connectivity index (χ4v) is 2.25. The van der Waals surface area contributed by atoms with Crippen LogP contribution in [0.5, 0.6) is 5.75 Å². The van der Waals surface area contributed by atoms with Gasteiger partial charge in [0.15, 0.2) is 5.96 Å². The number of ether oxygens (including phenoxy) is 1. The highest BCUT2D eigenvalue weighted by Crippen LogP contribution is 2.15. The Bertz CT molecular complexity index is 707. The molecule has 0 aliphatic rings. The molecule has 0 spiro atoms. The zero-order chi connectivity index (χ0) is 18.1. The van der Waals surface area contributed by atoms with Crippen LogP contribution in [0.3, 0.4) is 0 Å². The molecular weight excluding hydrogens is 331 g/mol. The van der Waals surface area contributed by atoms with Crippen LogP contribution >= 0.6 is 0 Å². The zero-order valence-electron chi connectivity index (χ0n) is 13.8. The summed E-state index contributed by atoms with van der Waals surface area (Å²) in [6, 6.07) is 13.0. The number of rotatable bonds is 7. The predicted molar refractivity (Wildman–Crippen MR) is 91.4 cm³/mol. The second-order valence-electron chi connectivity index (χ2n) is 5.22. The van der Waals surface area contributed by atoms with Gasteiger partial charge in [0.25, 0.3) is 0 Å². The zero-order valence-corrected chi connectivity index (χ0v) is 13.8. The minimum atomic E-state index is -2.85. The molecule has 0 aliphatic heterocycles. The molecule has 2 rings (SSSR count). The molecule has 0 heterocycles. The highest BCUT2D eigenvalue weighted by molar-refractivity contribution is 5.79. The van der Waals surface area contributed by atoms with Crippen molar-refractivity contribution >= 4 is 5.96 Å². The van der Waals surface area contributed by atoms with Crippen LogP contribution in [-0.4, -0.2) is 26.2 Å². The Morgan fingerprint density at radius 1 is 1.12 bits per heavy atom. The molecule has 0 saturated heterocycles. The van der Waals surface area contributed by atoms with Crippen LogP contribution in [0.2, 0.25) is 0 Å². The number of hydrogen-bond donors (Lipinski definition) is 2. The van der Waals surface area contributed by atoms with Gasteiger partial charge >= 0.3 is 6.61 Å². The van der Waals surface area contributed by atoms with Gasteiger partial charge in [0, 0.05) is 20.1 Å². The molecule has 0 atom stereocenters. The number of halogens is 3. The standard InChI is InChI=1S/C18H20F3N3O/c1-22-18(23-10-9-14-6-2-3-8-16(14)19)24-12-13-5-4-7-15(11-13)25-17(20)21/h2-8,11,17H,9-10,12H2,1H3,(H2,22,23,24). The Morgan fingerprint density at radius 3 is 2.64 bits per heavy atom. The van der Waals surface area contributed by atoms with Crippen LogP contribution in [0.25, 0.3) is 0 Å². The van der Waals surface area contributed by atoms with Crippen LogP contribution in [0, 0.1) is 5.82 Å². The van der Waals surface area contributed by atoms with E-state index in [-0.39, 0.29) is 11.6 Å². The van der Waals surface area contributed by atoms with Crippen molar-refractivity contribution in [1.29, 1.82) is 0 Å². The van der Waals surface area contributed by atoms with Gasteiger partial charge < -0.3 is 15.4 Å². The van der Waals surface area contributed by atoms with E-state index in [9.17, 15) is 13.2 Å². The first-order chi connectivity index (χ1) is 12.1. The third kappa shape index (κ3) is 6.37. The highest BCUT2D eigenvalue weighted by atomic mass is 19.3. The molecule has 134 valence electrons. The maximum atomic E-state index is 13.6. The summed E-state index contributed by atoms with van der Waals surface area (Å²) >= 11 is 0. The van der Waals surface area contributed by atoms with Crippen LogP contribution in [0.15, 0.2) is 53.5 Å². The number of nitrogens with zero attached hydrogens (tertiary/aromatic N) is 1. The summed E-state index contributed by atoms with van der Waals surface area (Å²) in [5.41, 5.74) is 1.40. The normalized spacial score (nSPS) is 11.5. The smallest absolute Gasteiger partial charge is 0.387 e. The van der Waals surface area contributed by atoms with E-state index in [1.807, 2.05) is 0 Å². The lowest BCUT2D eigenvalue weighted by molar-refractivity contribution is -0.0498. The molecule has 0 bridgehead atoms. The van der Waals surface area contributed by atoms with E-state index in [4.69, 9.17) is 0 Å². The van der Waals surface area contributed by atoms with E-state index in [1.165, 1.54) is 18.2 Å². The largest absolute Gasteiger partial charge is 0.435 e. The number of benzene rings is 2. The average molecular weight is 351 g/mol. The topological polar surface area (TPSA) is 45.7 Å². The lowest BCUT2D eigenvalue weighted by atomic mass is 10.1. The van der Waals surface area contributed by atoms with Crippen LogP contribution in [-0.2, 0) is 13.0 Å². The SMILES string of the molecule is CN=C(NCCc1ccccc1F)NCc1cccc(OC(F)F)c1. The van der Waals surface area contributed by atoms with Crippen molar-refractivity contribution in [2.24, 2.45) is 4.99 Å². The van der Waals surface area contributed by atoms with Gasteiger partial charge in [-0.05, 0) is 35.7 Å². The number of nitrogens with one attached hydrogen (secondary N) is 2. The molecular formula is C18H20F3N3O. The van der Waals surface area contributed by atoms with Crippen molar-refractivity contribution in [3.05, 3.63) is 65.5 Å². The van der Waals surface area contributed by atoms with Gasteiger partial charge in [0.1, 0.15) is 11.6 Å². The van der Waals surface area contributed by atoms with Crippen molar-refractivity contribution < 1.29 is 17.9 Å². The van der Waals surface area contributed by atoms with Gasteiger partial charge in [-0.15, -0.1) is 0 Å². The van der Waals surface area contributed by atoms with Gasteiger partial charge in [-0.1, -0.05) is 30.3 Å². The summed E-state index contributed by atoms with van der Waals surface area (Å²) in [7, 11) is 1.62. The Labute approximate surface area is 144 Å². The highest BCUT2D eigenvalue weighted by Gasteiger charge is 2.05. The maximum Gasteiger partial charge on any atom is 0.387 e. The van der Waals surface area contributed by atoms with Crippen LogP contribution in [0.4, 0.5) is 13.2 Å². The minimum Gasteiger partial charge on any atom is -0.435 e. The summed E-state index contributed by atoms with van der Waals surface area (Å²) in [4.78, 5) is 4.08. The summed E-state index contributed by atoms with van der Waals surface area (Å²) in [5, 5.41) is 6.15. The van der Waals surface area contributed by atoms with Gasteiger partial charge in [-0.3, -0.25) is 4.99 Å². The van der Waals surface area contributed by atoms with Crippen molar-refractivity contribution in [1.82, 2.24) is 10.6 Å². The third-order valence-corrected chi connectivity index (χ3v) is 3.45. The number of hydrogen-bond acceptors (Lipinski definition) is 2. The molecule has 4 nitrogen and oxygen atoms in total. The van der Waals surface area contributed by atoms with Gasteiger partial charge in [0.05, 0.1) is 0 Å². The van der Waals surface area contributed by atoms with E-state index < -0.39 is 6.61 Å². The number of aliphatic imine (C=N–C) groups is 1. The van der Waals surface area contributed by atoms with Crippen molar-refractivity contribution in [3.63, 3.8) is 0 Å². The quantitative estimate of drug-likeness (QED) is 0.594. The summed E-state index contributed by atoms with van der Waals surface area (Å²) in [6.45, 7) is -1.95. The molecule has 0 aromatic heterocycles. The molecule has 2 aromatic rings. The molecule has 7 heteroatoms.